The van der Waals surface area contributed by atoms with E-state index in [2.05, 4.69) is 5.32 Å². The van der Waals surface area contributed by atoms with Gasteiger partial charge in [-0.1, -0.05) is 11.6 Å². The highest BCUT2D eigenvalue weighted by molar-refractivity contribution is 6.13. The summed E-state index contributed by atoms with van der Waals surface area (Å²) in [6, 6.07) is 18.2. The van der Waals surface area contributed by atoms with Crippen molar-refractivity contribution in [2.75, 3.05) is 11.9 Å². The second kappa shape index (κ2) is 9.20. The maximum Gasteiger partial charge on any atom is 0.338 e. The number of carbonyl (C=O) groups is 2. The van der Waals surface area contributed by atoms with Crippen molar-refractivity contribution in [2.45, 2.75) is 20.8 Å². The zero-order chi connectivity index (χ0) is 23.5. The number of halogens is 1. The van der Waals surface area contributed by atoms with Gasteiger partial charge in [-0.3, -0.25) is 4.79 Å². The number of nitrogens with zero attached hydrogens (tertiary/aromatic N) is 1. The molecule has 5 nitrogen and oxygen atoms in total. The molecule has 0 unspecified atom stereocenters. The van der Waals surface area contributed by atoms with Gasteiger partial charge in [0.15, 0.2) is 0 Å². The highest BCUT2D eigenvalue weighted by Gasteiger charge is 2.17. The summed E-state index contributed by atoms with van der Waals surface area (Å²) < 4.78 is 18.4. The Bertz CT molecular complexity index is 1350. The first kappa shape index (κ1) is 22.1. The van der Waals surface area contributed by atoms with E-state index in [1.54, 1.807) is 49.4 Å². The number of aryl methyl sites for hydroxylation is 2. The smallest absolute Gasteiger partial charge is 0.338 e. The normalized spacial score (nSPS) is 10.8. The lowest BCUT2D eigenvalue weighted by Gasteiger charge is -2.13. The molecule has 0 fully saturated rings. The molecule has 33 heavy (non-hydrogen) atoms. The van der Waals surface area contributed by atoms with E-state index in [0.29, 0.717) is 40.2 Å². The van der Waals surface area contributed by atoms with E-state index in [4.69, 9.17) is 9.72 Å². The number of fused-ring (bicyclic) bond motifs is 1. The highest BCUT2D eigenvalue weighted by Crippen LogP contribution is 2.29. The Morgan fingerprint density at radius 2 is 1.67 bits per heavy atom. The average Bonchev–Trinajstić information content (AvgIpc) is 2.79. The van der Waals surface area contributed by atoms with E-state index in [0.717, 1.165) is 16.5 Å². The standard InChI is InChI=1S/C27H23FN2O3/c1-4-33-27(32)19-7-11-21(12-8-19)29-26(31)23-15-24(18-5-9-20(28)10-6-18)30-25-17(3)13-16(2)14-22(23)25/h5-15H,4H2,1-3H3,(H,29,31). The Balaban J connectivity index is 1.74. The van der Waals surface area contributed by atoms with Gasteiger partial charge >= 0.3 is 5.97 Å². The number of aromatic nitrogens is 1. The van der Waals surface area contributed by atoms with Crippen molar-refractivity contribution in [1.29, 1.82) is 0 Å². The van der Waals surface area contributed by atoms with E-state index in [-0.39, 0.29) is 11.7 Å². The zero-order valence-corrected chi connectivity index (χ0v) is 18.6. The van der Waals surface area contributed by atoms with Crippen LogP contribution in [0.15, 0.2) is 66.7 Å². The Kier molecular flexibility index (Phi) is 6.18. The molecule has 1 aromatic heterocycles. The number of carbonyl (C=O) groups excluding carboxylic acids is 2. The number of nitrogens with one attached hydrogen (secondary N) is 1. The molecule has 0 aliphatic carbocycles. The van der Waals surface area contributed by atoms with Gasteiger partial charge in [-0.2, -0.15) is 0 Å². The number of anilines is 1. The minimum absolute atomic E-state index is 0.293. The zero-order valence-electron chi connectivity index (χ0n) is 18.6. The summed E-state index contributed by atoms with van der Waals surface area (Å²) in [5.74, 6) is -1.05. The van der Waals surface area contributed by atoms with Gasteiger partial charge in [0.05, 0.1) is 28.9 Å². The molecule has 166 valence electrons. The Labute approximate surface area is 191 Å². The topological polar surface area (TPSA) is 68.3 Å². The molecule has 1 amide bonds. The molecule has 1 N–H and O–H groups in total. The number of hydrogen-bond donors (Lipinski definition) is 1. The van der Waals surface area contributed by atoms with Gasteiger partial charge in [0, 0.05) is 16.6 Å². The van der Waals surface area contributed by atoms with E-state index in [1.807, 2.05) is 26.0 Å². The summed E-state index contributed by atoms with van der Waals surface area (Å²) >= 11 is 0. The molecule has 3 aromatic carbocycles. The van der Waals surface area contributed by atoms with Crippen molar-refractivity contribution >= 4 is 28.5 Å². The lowest BCUT2D eigenvalue weighted by molar-refractivity contribution is 0.0526. The quantitative estimate of drug-likeness (QED) is 0.380. The molecule has 6 heteroatoms. The van der Waals surface area contributed by atoms with Crippen LogP contribution in [0, 0.1) is 19.7 Å². The van der Waals surface area contributed by atoms with Gasteiger partial charge in [-0.25, -0.2) is 14.2 Å². The second-order valence-electron chi connectivity index (χ2n) is 7.79. The summed E-state index contributed by atoms with van der Waals surface area (Å²) in [5.41, 5.74) is 5.39. The van der Waals surface area contributed by atoms with Gasteiger partial charge in [0.25, 0.3) is 5.91 Å². The van der Waals surface area contributed by atoms with Crippen molar-refractivity contribution in [3.63, 3.8) is 0 Å². The maximum atomic E-state index is 13.4. The van der Waals surface area contributed by atoms with Crippen molar-refractivity contribution in [1.82, 2.24) is 4.98 Å². The Morgan fingerprint density at radius 1 is 0.970 bits per heavy atom. The number of ether oxygens (including phenoxy) is 1. The minimum Gasteiger partial charge on any atom is -0.462 e. The Hall–Kier alpha value is -4.06. The van der Waals surface area contributed by atoms with Gasteiger partial charge in [0.2, 0.25) is 0 Å². The fraction of sp³-hybridized carbons (Fsp3) is 0.148. The summed E-state index contributed by atoms with van der Waals surface area (Å²) in [6.45, 7) is 5.96. The largest absolute Gasteiger partial charge is 0.462 e. The van der Waals surface area contributed by atoms with Gasteiger partial charge in [-0.15, -0.1) is 0 Å². The molecule has 0 radical (unpaired) electrons. The predicted molar refractivity (Wildman–Crippen MR) is 127 cm³/mol. The molecule has 4 aromatic rings. The predicted octanol–water partition coefficient (Wildman–Crippen LogP) is 6.09. The van der Waals surface area contributed by atoms with E-state index >= 15 is 0 Å². The molecule has 0 bridgehead atoms. The van der Waals surface area contributed by atoms with Gasteiger partial charge in [-0.05, 0) is 87.0 Å². The average molecular weight is 442 g/mol. The lowest BCUT2D eigenvalue weighted by Crippen LogP contribution is -2.14. The number of pyridine rings is 1. The van der Waals surface area contributed by atoms with Crippen LogP contribution in [0.1, 0.15) is 38.8 Å². The molecule has 0 saturated heterocycles. The van der Waals surface area contributed by atoms with Crippen LogP contribution in [-0.2, 0) is 4.74 Å². The lowest BCUT2D eigenvalue weighted by atomic mass is 9.99. The van der Waals surface area contributed by atoms with Crippen LogP contribution in [0.5, 0.6) is 0 Å². The molecule has 0 saturated carbocycles. The Morgan fingerprint density at radius 3 is 2.33 bits per heavy atom. The monoisotopic (exact) mass is 442 g/mol. The number of hydrogen-bond acceptors (Lipinski definition) is 4. The van der Waals surface area contributed by atoms with Crippen LogP contribution in [0.25, 0.3) is 22.2 Å². The van der Waals surface area contributed by atoms with Crippen LogP contribution in [-0.4, -0.2) is 23.5 Å². The third kappa shape index (κ3) is 4.75. The fourth-order valence-electron chi connectivity index (χ4n) is 3.74. The van der Waals surface area contributed by atoms with E-state index in [1.165, 1.54) is 12.1 Å². The van der Waals surface area contributed by atoms with Gasteiger partial charge < -0.3 is 10.1 Å². The van der Waals surface area contributed by atoms with Crippen LogP contribution >= 0.6 is 0 Å². The minimum atomic E-state index is -0.412. The second-order valence-corrected chi connectivity index (χ2v) is 7.79. The molecule has 0 spiro atoms. The number of benzene rings is 3. The van der Waals surface area contributed by atoms with Crippen LogP contribution in [0.4, 0.5) is 10.1 Å². The SMILES string of the molecule is CCOC(=O)c1ccc(NC(=O)c2cc(-c3ccc(F)cc3)nc3c(C)cc(C)cc23)cc1. The fourth-order valence-corrected chi connectivity index (χ4v) is 3.74. The molecule has 0 atom stereocenters. The highest BCUT2D eigenvalue weighted by atomic mass is 19.1. The van der Waals surface area contributed by atoms with E-state index < -0.39 is 5.97 Å². The summed E-state index contributed by atoms with van der Waals surface area (Å²) in [6.07, 6.45) is 0. The first-order chi connectivity index (χ1) is 15.9. The van der Waals surface area contributed by atoms with Crippen molar-refractivity contribution in [3.8, 4) is 11.3 Å². The van der Waals surface area contributed by atoms with Crippen LogP contribution < -0.4 is 5.32 Å². The maximum absolute atomic E-state index is 13.4. The van der Waals surface area contributed by atoms with Crippen molar-refractivity contribution < 1.29 is 18.7 Å². The molecular weight excluding hydrogens is 419 g/mol. The third-order valence-electron chi connectivity index (χ3n) is 5.29. The van der Waals surface area contributed by atoms with Crippen LogP contribution in [0.3, 0.4) is 0 Å². The molecule has 4 rings (SSSR count). The van der Waals surface area contributed by atoms with Gasteiger partial charge in [0.1, 0.15) is 5.82 Å². The molecular formula is C27H23FN2O3. The molecule has 0 aliphatic heterocycles. The molecule has 1 heterocycles. The first-order valence-electron chi connectivity index (χ1n) is 10.6. The number of amides is 1. The van der Waals surface area contributed by atoms with E-state index in [9.17, 15) is 14.0 Å². The van der Waals surface area contributed by atoms with Crippen LogP contribution in [0.2, 0.25) is 0 Å². The molecule has 0 aliphatic rings. The number of esters is 1. The van der Waals surface area contributed by atoms with Crippen molar-refractivity contribution in [3.05, 3.63) is 94.8 Å². The third-order valence-corrected chi connectivity index (χ3v) is 5.29. The number of rotatable bonds is 5. The summed E-state index contributed by atoms with van der Waals surface area (Å²) in [4.78, 5) is 29.9. The summed E-state index contributed by atoms with van der Waals surface area (Å²) in [7, 11) is 0. The summed E-state index contributed by atoms with van der Waals surface area (Å²) in [5, 5.41) is 3.63. The first-order valence-corrected chi connectivity index (χ1v) is 10.6. The van der Waals surface area contributed by atoms with Crippen molar-refractivity contribution in [2.24, 2.45) is 0 Å².